The minimum absolute atomic E-state index is 0.0350. The van der Waals surface area contributed by atoms with Crippen molar-refractivity contribution in [1.29, 1.82) is 0 Å². The molecule has 0 unspecified atom stereocenters. The predicted octanol–water partition coefficient (Wildman–Crippen LogP) is 3.33. The third-order valence-corrected chi connectivity index (χ3v) is 4.49. The van der Waals surface area contributed by atoms with E-state index in [1.165, 1.54) is 16.7 Å². The summed E-state index contributed by atoms with van der Waals surface area (Å²) in [6, 6.07) is 13.0. The molecule has 1 aromatic carbocycles. The number of aryl methyl sites for hydroxylation is 1. The fourth-order valence-electron chi connectivity index (χ4n) is 2.69. The van der Waals surface area contributed by atoms with E-state index >= 15 is 0 Å². The van der Waals surface area contributed by atoms with Crippen LogP contribution in [-0.2, 0) is 18.3 Å². The van der Waals surface area contributed by atoms with Crippen molar-refractivity contribution >= 4 is 5.96 Å². The second-order valence-electron chi connectivity index (χ2n) is 6.90. The van der Waals surface area contributed by atoms with Crippen molar-refractivity contribution in [2.24, 2.45) is 4.99 Å². The van der Waals surface area contributed by atoms with Crippen LogP contribution in [-0.4, -0.2) is 31.1 Å². The van der Waals surface area contributed by atoms with E-state index in [1.54, 1.807) is 6.20 Å². The number of nitrogens with zero attached hydrogens (tertiary/aromatic N) is 2. The van der Waals surface area contributed by atoms with E-state index in [9.17, 15) is 0 Å². The number of nitrogens with one attached hydrogen (secondary N) is 2. The molecule has 0 atom stereocenters. The van der Waals surface area contributed by atoms with Crippen molar-refractivity contribution in [1.82, 2.24) is 15.6 Å². The van der Waals surface area contributed by atoms with Crippen LogP contribution in [0, 0.1) is 0 Å². The zero-order chi connectivity index (χ0) is 18.1. The van der Waals surface area contributed by atoms with Crippen molar-refractivity contribution in [2.45, 2.75) is 39.0 Å². The molecule has 1 heterocycles. The summed E-state index contributed by atoms with van der Waals surface area (Å²) < 4.78 is 0. The first-order chi connectivity index (χ1) is 12.0. The van der Waals surface area contributed by atoms with Gasteiger partial charge in [-0.15, -0.1) is 0 Å². The van der Waals surface area contributed by atoms with Gasteiger partial charge in [-0.1, -0.05) is 51.1 Å². The summed E-state index contributed by atoms with van der Waals surface area (Å²) in [6.07, 6.45) is 5.70. The van der Waals surface area contributed by atoms with E-state index in [1.807, 2.05) is 19.3 Å². The van der Waals surface area contributed by atoms with Gasteiger partial charge in [0.2, 0.25) is 0 Å². The molecular weight excluding hydrogens is 308 g/mol. The van der Waals surface area contributed by atoms with Gasteiger partial charge in [-0.25, -0.2) is 0 Å². The van der Waals surface area contributed by atoms with Crippen LogP contribution >= 0.6 is 0 Å². The lowest BCUT2D eigenvalue weighted by atomic mass is 9.84. The minimum atomic E-state index is 0.0350. The Morgan fingerprint density at radius 2 is 1.84 bits per heavy atom. The predicted molar refractivity (Wildman–Crippen MR) is 106 cm³/mol. The summed E-state index contributed by atoms with van der Waals surface area (Å²) in [4.78, 5) is 8.47. The number of pyridine rings is 1. The lowest BCUT2D eigenvalue weighted by Gasteiger charge is -2.27. The van der Waals surface area contributed by atoms with Crippen molar-refractivity contribution in [2.75, 3.05) is 20.1 Å². The Kier molecular flexibility index (Phi) is 6.99. The molecule has 2 N–H and O–H groups in total. The van der Waals surface area contributed by atoms with E-state index < -0.39 is 0 Å². The quantitative estimate of drug-likeness (QED) is 0.601. The highest BCUT2D eigenvalue weighted by molar-refractivity contribution is 5.79. The van der Waals surface area contributed by atoms with Gasteiger partial charge in [0, 0.05) is 37.9 Å². The summed E-state index contributed by atoms with van der Waals surface area (Å²) in [7, 11) is 1.81. The second-order valence-corrected chi connectivity index (χ2v) is 6.90. The van der Waals surface area contributed by atoms with Crippen LogP contribution in [0.25, 0.3) is 0 Å². The fourth-order valence-corrected chi connectivity index (χ4v) is 2.69. The van der Waals surface area contributed by atoms with Crippen LogP contribution in [0.2, 0.25) is 0 Å². The number of aromatic nitrogens is 1. The molecule has 4 nitrogen and oxygen atoms in total. The first-order valence-corrected chi connectivity index (χ1v) is 8.98. The molecule has 0 saturated heterocycles. The Hall–Kier alpha value is -2.36. The van der Waals surface area contributed by atoms with Gasteiger partial charge < -0.3 is 10.6 Å². The number of aliphatic imine (C=N–C) groups is 1. The van der Waals surface area contributed by atoms with Crippen LogP contribution in [0.5, 0.6) is 0 Å². The molecule has 0 aliphatic heterocycles. The number of guanidine groups is 1. The van der Waals surface area contributed by atoms with Gasteiger partial charge in [0.05, 0.1) is 0 Å². The first-order valence-electron chi connectivity index (χ1n) is 8.98. The van der Waals surface area contributed by atoms with Gasteiger partial charge in [0.25, 0.3) is 0 Å². The van der Waals surface area contributed by atoms with Crippen molar-refractivity contribution in [3.05, 3.63) is 65.5 Å². The fraction of sp³-hybridized carbons (Fsp3) is 0.429. The van der Waals surface area contributed by atoms with Crippen molar-refractivity contribution in [3.63, 3.8) is 0 Å². The Morgan fingerprint density at radius 3 is 2.44 bits per heavy atom. The Balaban J connectivity index is 1.84. The highest BCUT2D eigenvalue weighted by Crippen LogP contribution is 2.22. The van der Waals surface area contributed by atoms with Crippen LogP contribution < -0.4 is 10.6 Å². The lowest BCUT2D eigenvalue weighted by molar-refractivity contribution is 0.508. The van der Waals surface area contributed by atoms with Gasteiger partial charge in [-0.3, -0.25) is 9.98 Å². The molecule has 0 fully saturated rings. The maximum Gasteiger partial charge on any atom is 0.191 e. The second kappa shape index (κ2) is 9.21. The molecule has 2 rings (SSSR count). The third kappa shape index (κ3) is 5.89. The highest BCUT2D eigenvalue weighted by atomic mass is 15.2. The number of benzene rings is 1. The number of hydrogen-bond donors (Lipinski definition) is 2. The molecule has 0 bridgehead atoms. The molecule has 4 heteroatoms. The standard InChI is InChI=1S/C21H30N4/c1-5-17-8-10-19(11-9-17)21(2,3)16-25-20(22-4)24-14-12-18-7-6-13-23-15-18/h6-11,13,15H,5,12,14,16H2,1-4H3,(H2,22,24,25). The average molecular weight is 338 g/mol. The maximum atomic E-state index is 4.32. The molecule has 0 spiro atoms. The van der Waals surface area contributed by atoms with Gasteiger partial charge in [-0.2, -0.15) is 0 Å². The molecule has 1 aromatic heterocycles. The summed E-state index contributed by atoms with van der Waals surface area (Å²) in [5.74, 6) is 0.835. The van der Waals surface area contributed by atoms with Crippen LogP contribution in [0.1, 0.15) is 37.5 Å². The molecule has 0 aliphatic carbocycles. The third-order valence-electron chi connectivity index (χ3n) is 4.49. The van der Waals surface area contributed by atoms with Gasteiger partial charge in [0.1, 0.15) is 0 Å². The van der Waals surface area contributed by atoms with E-state index in [0.717, 1.165) is 31.9 Å². The van der Waals surface area contributed by atoms with Gasteiger partial charge in [-0.05, 0) is 35.6 Å². The summed E-state index contributed by atoms with van der Waals surface area (Å²) >= 11 is 0. The van der Waals surface area contributed by atoms with Gasteiger partial charge in [0.15, 0.2) is 5.96 Å². The molecular formula is C21H30N4. The topological polar surface area (TPSA) is 49.3 Å². The number of hydrogen-bond acceptors (Lipinski definition) is 2. The van der Waals surface area contributed by atoms with E-state index in [2.05, 4.69) is 71.7 Å². The Morgan fingerprint density at radius 1 is 1.08 bits per heavy atom. The normalized spacial score (nSPS) is 12.1. The first kappa shape index (κ1) is 19.0. The van der Waals surface area contributed by atoms with E-state index in [4.69, 9.17) is 0 Å². The van der Waals surface area contributed by atoms with Crippen LogP contribution in [0.15, 0.2) is 53.8 Å². The summed E-state index contributed by atoms with van der Waals surface area (Å²) in [5, 5.41) is 6.82. The van der Waals surface area contributed by atoms with E-state index in [0.29, 0.717) is 0 Å². The minimum Gasteiger partial charge on any atom is -0.356 e. The lowest BCUT2D eigenvalue weighted by Crippen LogP contribution is -2.44. The van der Waals surface area contributed by atoms with Gasteiger partial charge >= 0.3 is 0 Å². The summed E-state index contributed by atoms with van der Waals surface area (Å²) in [5.41, 5.74) is 3.97. The maximum absolute atomic E-state index is 4.32. The molecule has 2 aromatic rings. The monoisotopic (exact) mass is 338 g/mol. The highest BCUT2D eigenvalue weighted by Gasteiger charge is 2.20. The molecule has 0 aliphatic rings. The smallest absolute Gasteiger partial charge is 0.191 e. The Labute approximate surface area is 151 Å². The number of rotatable bonds is 7. The van der Waals surface area contributed by atoms with Crippen LogP contribution in [0.4, 0.5) is 0 Å². The molecule has 0 saturated carbocycles. The Bertz CT molecular complexity index is 660. The van der Waals surface area contributed by atoms with Crippen molar-refractivity contribution < 1.29 is 0 Å². The average Bonchev–Trinajstić information content (AvgIpc) is 2.65. The van der Waals surface area contributed by atoms with Crippen LogP contribution in [0.3, 0.4) is 0 Å². The largest absolute Gasteiger partial charge is 0.356 e. The molecule has 0 amide bonds. The molecule has 0 radical (unpaired) electrons. The molecule has 25 heavy (non-hydrogen) atoms. The zero-order valence-electron chi connectivity index (χ0n) is 15.8. The molecule has 134 valence electrons. The zero-order valence-corrected chi connectivity index (χ0v) is 15.8. The SMILES string of the molecule is CCc1ccc(C(C)(C)CNC(=NC)NCCc2cccnc2)cc1. The summed E-state index contributed by atoms with van der Waals surface area (Å²) in [6.45, 7) is 8.35. The van der Waals surface area contributed by atoms with Crippen molar-refractivity contribution in [3.8, 4) is 0 Å². The van der Waals surface area contributed by atoms with E-state index in [-0.39, 0.29) is 5.41 Å².